The number of nitrogen functional groups attached to an aromatic ring is 1. The molecule has 164 valence electrons. The zero-order valence-corrected chi connectivity index (χ0v) is 17.4. The van der Waals surface area contributed by atoms with Crippen LogP contribution >= 0.6 is 11.6 Å². The number of morpholine rings is 1. The van der Waals surface area contributed by atoms with Crippen LogP contribution in [0.4, 0.5) is 20.7 Å². The maximum Gasteiger partial charge on any atom is 0.228 e. The number of halogens is 3. The average molecular weight is 459 g/mol. The van der Waals surface area contributed by atoms with Gasteiger partial charge < -0.3 is 20.4 Å². The van der Waals surface area contributed by atoms with Crippen molar-refractivity contribution in [1.29, 1.82) is 0 Å². The van der Waals surface area contributed by atoms with Crippen molar-refractivity contribution >= 4 is 34.7 Å². The summed E-state index contributed by atoms with van der Waals surface area (Å²) < 4.78 is 34.1. The van der Waals surface area contributed by atoms with Crippen molar-refractivity contribution in [2.24, 2.45) is 0 Å². The van der Waals surface area contributed by atoms with E-state index in [0.29, 0.717) is 60.5 Å². The summed E-state index contributed by atoms with van der Waals surface area (Å²) in [5.74, 6) is -0.625. The Morgan fingerprint density at radius 1 is 1.09 bits per heavy atom. The van der Waals surface area contributed by atoms with E-state index in [1.807, 2.05) is 4.90 Å². The second-order valence-electron chi connectivity index (χ2n) is 7.18. The van der Waals surface area contributed by atoms with Crippen LogP contribution in [-0.4, -0.2) is 56.2 Å². The van der Waals surface area contributed by atoms with Crippen LogP contribution in [0, 0.1) is 11.6 Å². The first-order chi connectivity index (χ1) is 15.5. The molecular weight excluding hydrogens is 442 g/mol. The molecule has 3 N–H and O–H groups in total. The molecule has 1 aliphatic heterocycles. The molecule has 5 rings (SSSR count). The molecule has 0 saturated carbocycles. The van der Waals surface area contributed by atoms with Gasteiger partial charge in [-0.05, 0) is 12.1 Å². The van der Waals surface area contributed by atoms with Crippen LogP contribution in [0.1, 0.15) is 11.4 Å². The molecule has 9 nitrogen and oxygen atoms in total. The van der Waals surface area contributed by atoms with Crippen molar-refractivity contribution in [3.63, 3.8) is 0 Å². The molecule has 12 heteroatoms. The first-order valence-corrected chi connectivity index (χ1v) is 10.2. The SMILES string of the molecule is Nc1ncc(-c2nc(N3CCOCC3)nc3nc(Cc4c(F)ccc(Cl)c4F)[nH]c23)cn1. The van der Waals surface area contributed by atoms with Gasteiger partial charge in [0.15, 0.2) is 5.65 Å². The van der Waals surface area contributed by atoms with Gasteiger partial charge >= 0.3 is 0 Å². The molecule has 1 fully saturated rings. The van der Waals surface area contributed by atoms with Crippen LogP contribution in [0.2, 0.25) is 5.02 Å². The quantitative estimate of drug-likeness (QED) is 0.448. The Kier molecular flexibility index (Phi) is 5.27. The Hall–Kier alpha value is -3.44. The zero-order chi connectivity index (χ0) is 22.2. The first-order valence-electron chi connectivity index (χ1n) is 9.79. The van der Waals surface area contributed by atoms with Crippen molar-refractivity contribution in [3.8, 4) is 11.3 Å². The number of hydrogen-bond acceptors (Lipinski definition) is 8. The number of nitrogens with one attached hydrogen (secondary N) is 1. The van der Waals surface area contributed by atoms with E-state index in [1.54, 1.807) is 12.4 Å². The van der Waals surface area contributed by atoms with E-state index in [-0.39, 0.29) is 23.0 Å². The summed E-state index contributed by atoms with van der Waals surface area (Å²) >= 11 is 5.82. The monoisotopic (exact) mass is 458 g/mol. The number of benzene rings is 1. The molecule has 0 bridgehead atoms. The van der Waals surface area contributed by atoms with E-state index in [4.69, 9.17) is 27.1 Å². The highest BCUT2D eigenvalue weighted by Crippen LogP contribution is 2.28. The molecule has 4 heterocycles. The average Bonchev–Trinajstić information content (AvgIpc) is 3.22. The molecule has 0 aliphatic carbocycles. The number of fused-ring (bicyclic) bond motifs is 1. The number of aromatic amines is 1. The van der Waals surface area contributed by atoms with E-state index in [9.17, 15) is 8.78 Å². The second-order valence-corrected chi connectivity index (χ2v) is 7.59. The predicted molar refractivity (Wildman–Crippen MR) is 114 cm³/mol. The number of nitrogens with zero attached hydrogens (tertiary/aromatic N) is 6. The molecule has 4 aromatic rings. The topological polar surface area (TPSA) is 119 Å². The molecule has 1 saturated heterocycles. The maximum absolute atomic E-state index is 14.4. The van der Waals surface area contributed by atoms with Crippen molar-refractivity contribution in [2.45, 2.75) is 6.42 Å². The fourth-order valence-electron chi connectivity index (χ4n) is 3.49. The Bertz CT molecular complexity index is 1290. The molecule has 0 unspecified atom stereocenters. The normalized spacial score (nSPS) is 14.3. The number of aromatic nitrogens is 6. The number of nitrogens with two attached hydrogens (primary N) is 1. The lowest BCUT2D eigenvalue weighted by molar-refractivity contribution is 0.122. The highest BCUT2D eigenvalue weighted by atomic mass is 35.5. The first kappa shape index (κ1) is 20.5. The lowest BCUT2D eigenvalue weighted by atomic mass is 10.1. The third-order valence-electron chi connectivity index (χ3n) is 5.11. The molecule has 0 spiro atoms. The molecule has 0 radical (unpaired) electrons. The van der Waals surface area contributed by atoms with Gasteiger partial charge in [-0.2, -0.15) is 4.98 Å². The van der Waals surface area contributed by atoms with E-state index in [0.717, 1.165) is 6.07 Å². The lowest BCUT2D eigenvalue weighted by Gasteiger charge is -2.26. The van der Waals surface area contributed by atoms with E-state index >= 15 is 0 Å². The Labute approximate surface area is 185 Å². The molecule has 1 aliphatic rings. The van der Waals surface area contributed by atoms with Crippen molar-refractivity contribution < 1.29 is 13.5 Å². The third-order valence-corrected chi connectivity index (χ3v) is 5.40. The van der Waals surface area contributed by atoms with Crippen molar-refractivity contribution in [2.75, 3.05) is 36.9 Å². The summed E-state index contributed by atoms with van der Waals surface area (Å²) in [5.41, 5.74) is 7.37. The van der Waals surface area contributed by atoms with E-state index in [2.05, 4.69) is 24.9 Å². The highest BCUT2D eigenvalue weighted by Gasteiger charge is 2.21. The molecule has 1 aromatic carbocycles. The van der Waals surface area contributed by atoms with Gasteiger partial charge in [-0.15, -0.1) is 0 Å². The fourth-order valence-corrected chi connectivity index (χ4v) is 3.67. The van der Waals surface area contributed by atoms with E-state index in [1.165, 1.54) is 6.07 Å². The summed E-state index contributed by atoms with van der Waals surface area (Å²) in [6.07, 6.45) is 2.95. The van der Waals surface area contributed by atoms with Crippen LogP contribution in [0.25, 0.3) is 22.4 Å². The number of imidazole rings is 1. The van der Waals surface area contributed by atoms with Gasteiger partial charge in [-0.3, -0.25) is 0 Å². The van der Waals surface area contributed by atoms with Gasteiger partial charge in [0.05, 0.1) is 18.2 Å². The van der Waals surface area contributed by atoms with Crippen molar-refractivity contribution in [3.05, 3.63) is 52.6 Å². The Morgan fingerprint density at radius 3 is 2.59 bits per heavy atom. The highest BCUT2D eigenvalue weighted by molar-refractivity contribution is 6.30. The smallest absolute Gasteiger partial charge is 0.228 e. The summed E-state index contributed by atoms with van der Waals surface area (Å²) in [7, 11) is 0. The molecular formula is C20H17ClF2N8O. The fraction of sp³-hybridized carbons (Fsp3) is 0.250. The minimum absolute atomic E-state index is 0.129. The number of ether oxygens (including phenoxy) is 1. The Morgan fingerprint density at radius 2 is 1.84 bits per heavy atom. The number of hydrogen-bond donors (Lipinski definition) is 2. The minimum Gasteiger partial charge on any atom is -0.378 e. The molecule has 0 amide bonds. The third kappa shape index (κ3) is 3.80. The van der Waals surface area contributed by atoms with E-state index < -0.39 is 11.6 Å². The molecule has 0 atom stereocenters. The van der Waals surface area contributed by atoms with Crippen LogP contribution in [0.5, 0.6) is 0 Å². The van der Waals surface area contributed by atoms with Gasteiger partial charge in [0.2, 0.25) is 11.9 Å². The predicted octanol–water partition coefficient (Wildman–Crippen LogP) is 2.75. The van der Waals surface area contributed by atoms with Crippen LogP contribution in [0.3, 0.4) is 0 Å². The van der Waals surface area contributed by atoms with Gasteiger partial charge in [-0.1, -0.05) is 11.6 Å². The second kappa shape index (κ2) is 8.24. The van der Waals surface area contributed by atoms with Crippen LogP contribution in [0.15, 0.2) is 24.5 Å². The lowest BCUT2D eigenvalue weighted by Crippen LogP contribution is -2.37. The number of H-pyrrole nitrogens is 1. The van der Waals surface area contributed by atoms with Crippen LogP contribution < -0.4 is 10.6 Å². The minimum atomic E-state index is -0.820. The van der Waals surface area contributed by atoms with Crippen molar-refractivity contribution in [1.82, 2.24) is 29.9 Å². The largest absolute Gasteiger partial charge is 0.378 e. The summed E-state index contributed by atoms with van der Waals surface area (Å²) in [6.45, 7) is 2.36. The van der Waals surface area contributed by atoms with Gasteiger partial charge in [0, 0.05) is 43.0 Å². The van der Waals surface area contributed by atoms with Gasteiger partial charge in [0.25, 0.3) is 0 Å². The van der Waals surface area contributed by atoms with Gasteiger partial charge in [0.1, 0.15) is 28.7 Å². The molecule has 32 heavy (non-hydrogen) atoms. The summed E-state index contributed by atoms with van der Waals surface area (Å²) in [6, 6.07) is 2.30. The summed E-state index contributed by atoms with van der Waals surface area (Å²) in [4.78, 5) is 26.9. The zero-order valence-electron chi connectivity index (χ0n) is 16.6. The standard InChI is InChI=1S/C20H17ClF2N8O/c21-12-1-2-13(22)11(15(12)23)7-14-27-17-16(10-8-25-19(24)26-9-10)29-20(30-18(17)28-14)31-3-5-32-6-4-31/h1-2,8-9H,3-7H2,(H2,24,25,26)(H,27,28,29,30). The number of rotatable bonds is 4. The maximum atomic E-state index is 14.4. The van der Waals surface area contributed by atoms with Gasteiger partial charge in [-0.25, -0.2) is 28.7 Å². The van der Waals surface area contributed by atoms with Crippen LogP contribution in [-0.2, 0) is 11.2 Å². The number of anilines is 2. The summed E-state index contributed by atoms with van der Waals surface area (Å²) in [5, 5.41) is -0.161. The Balaban J connectivity index is 1.62. The molecule has 3 aromatic heterocycles.